The lowest BCUT2D eigenvalue weighted by molar-refractivity contribution is 0.116. The molecule has 0 aliphatic carbocycles. The van der Waals surface area contributed by atoms with Crippen LogP contribution in [-0.2, 0) is 19.5 Å². The molecule has 4 aromatic rings. The van der Waals surface area contributed by atoms with Crippen LogP contribution in [0.3, 0.4) is 0 Å². The van der Waals surface area contributed by atoms with Crippen molar-refractivity contribution in [2.45, 2.75) is 45.8 Å². The Kier molecular flexibility index (Phi) is 5.67. The van der Waals surface area contributed by atoms with E-state index >= 15 is 0 Å². The molecule has 170 valence electrons. The standard InChI is InChI=1S/C23H23F2N7O/c1-14(2)31-8-7-15-3-4-16(9-18(15)11-31)20-13-32(30-27-20)12-19-6-5-17(10-26-19)22-28-29-23(33-22)21(24)25/h3-6,9-10,13-14,21H,7-8,11-12H2,1-2H3. The lowest BCUT2D eigenvalue weighted by Gasteiger charge is -2.32. The summed E-state index contributed by atoms with van der Waals surface area (Å²) in [5.41, 5.74) is 5.80. The van der Waals surface area contributed by atoms with Crippen molar-refractivity contribution >= 4 is 0 Å². The smallest absolute Gasteiger partial charge is 0.314 e. The summed E-state index contributed by atoms with van der Waals surface area (Å²) in [6, 6.07) is 10.5. The number of fused-ring (bicyclic) bond motifs is 1. The van der Waals surface area contributed by atoms with Crippen LogP contribution in [0.5, 0.6) is 0 Å². The molecular formula is C23H23F2N7O. The number of aromatic nitrogens is 6. The predicted molar refractivity (Wildman–Crippen MR) is 116 cm³/mol. The third-order valence-electron chi connectivity index (χ3n) is 5.84. The summed E-state index contributed by atoms with van der Waals surface area (Å²) < 4.78 is 31.9. The number of rotatable bonds is 6. The highest BCUT2D eigenvalue weighted by Gasteiger charge is 2.20. The van der Waals surface area contributed by atoms with E-state index in [0.717, 1.165) is 36.5 Å². The van der Waals surface area contributed by atoms with Gasteiger partial charge in [0, 0.05) is 30.9 Å². The Labute approximate surface area is 189 Å². The zero-order valence-electron chi connectivity index (χ0n) is 18.3. The third-order valence-corrected chi connectivity index (χ3v) is 5.84. The van der Waals surface area contributed by atoms with Crippen molar-refractivity contribution in [2.75, 3.05) is 6.54 Å². The minimum Gasteiger partial charge on any atom is -0.415 e. The first-order chi connectivity index (χ1) is 16.0. The van der Waals surface area contributed by atoms with Gasteiger partial charge in [-0.05, 0) is 49.6 Å². The molecule has 10 heteroatoms. The van der Waals surface area contributed by atoms with Gasteiger partial charge in [0.1, 0.15) is 5.69 Å². The molecule has 0 bridgehead atoms. The summed E-state index contributed by atoms with van der Waals surface area (Å²) in [5, 5.41) is 15.5. The SMILES string of the molecule is CC(C)N1CCc2ccc(-c3cn(Cc4ccc(-c5nnc(C(F)F)o5)cn4)nn3)cc2C1. The van der Waals surface area contributed by atoms with E-state index in [4.69, 9.17) is 4.42 Å². The second kappa shape index (κ2) is 8.78. The average Bonchev–Trinajstić information content (AvgIpc) is 3.49. The van der Waals surface area contributed by atoms with Gasteiger partial charge in [-0.1, -0.05) is 17.3 Å². The molecule has 0 atom stereocenters. The van der Waals surface area contributed by atoms with Crippen LogP contribution in [0.2, 0.25) is 0 Å². The van der Waals surface area contributed by atoms with Gasteiger partial charge < -0.3 is 4.42 Å². The summed E-state index contributed by atoms with van der Waals surface area (Å²) >= 11 is 0. The van der Waals surface area contributed by atoms with Gasteiger partial charge in [0.2, 0.25) is 5.89 Å². The highest BCUT2D eigenvalue weighted by molar-refractivity contribution is 5.60. The van der Waals surface area contributed by atoms with Crippen LogP contribution in [0, 0.1) is 0 Å². The first-order valence-corrected chi connectivity index (χ1v) is 10.8. The number of benzene rings is 1. The highest BCUT2D eigenvalue weighted by Crippen LogP contribution is 2.26. The van der Waals surface area contributed by atoms with Gasteiger partial charge in [0.25, 0.3) is 5.89 Å². The molecule has 33 heavy (non-hydrogen) atoms. The van der Waals surface area contributed by atoms with Gasteiger partial charge in [-0.3, -0.25) is 9.88 Å². The van der Waals surface area contributed by atoms with E-state index in [1.54, 1.807) is 16.8 Å². The Morgan fingerprint density at radius 3 is 2.61 bits per heavy atom. The van der Waals surface area contributed by atoms with E-state index in [2.05, 4.69) is 62.4 Å². The summed E-state index contributed by atoms with van der Waals surface area (Å²) in [7, 11) is 0. The molecule has 0 spiro atoms. The summed E-state index contributed by atoms with van der Waals surface area (Å²) in [4.78, 5) is 6.83. The first kappa shape index (κ1) is 21.3. The number of halogens is 2. The van der Waals surface area contributed by atoms with Crippen molar-refractivity contribution in [1.29, 1.82) is 0 Å². The molecule has 0 N–H and O–H groups in total. The Balaban J connectivity index is 1.29. The number of hydrogen-bond donors (Lipinski definition) is 0. The van der Waals surface area contributed by atoms with Crippen molar-refractivity contribution in [3.8, 4) is 22.7 Å². The molecule has 5 rings (SSSR count). The minimum atomic E-state index is -2.80. The number of alkyl halides is 2. The van der Waals surface area contributed by atoms with Gasteiger partial charge >= 0.3 is 6.43 Å². The Hall–Kier alpha value is -3.53. The minimum absolute atomic E-state index is 0.0100. The fraction of sp³-hybridized carbons (Fsp3) is 0.348. The Bertz CT molecular complexity index is 1250. The Morgan fingerprint density at radius 2 is 1.88 bits per heavy atom. The third kappa shape index (κ3) is 4.51. The van der Waals surface area contributed by atoms with Crippen molar-refractivity contribution in [3.63, 3.8) is 0 Å². The number of pyridine rings is 1. The van der Waals surface area contributed by atoms with Crippen LogP contribution in [-0.4, -0.2) is 47.7 Å². The molecule has 1 aliphatic heterocycles. The molecule has 8 nitrogen and oxygen atoms in total. The van der Waals surface area contributed by atoms with Crippen LogP contribution >= 0.6 is 0 Å². The molecule has 4 heterocycles. The van der Waals surface area contributed by atoms with E-state index in [9.17, 15) is 8.78 Å². The van der Waals surface area contributed by atoms with Crippen LogP contribution in [0.4, 0.5) is 8.78 Å². The van der Waals surface area contributed by atoms with Crippen molar-refractivity contribution < 1.29 is 13.2 Å². The van der Waals surface area contributed by atoms with E-state index in [0.29, 0.717) is 18.2 Å². The molecule has 1 aliphatic rings. The summed E-state index contributed by atoms with van der Waals surface area (Å²) in [6.45, 7) is 6.91. The maximum absolute atomic E-state index is 12.6. The maximum Gasteiger partial charge on any atom is 0.314 e. The predicted octanol–water partition coefficient (Wildman–Crippen LogP) is 4.14. The van der Waals surface area contributed by atoms with E-state index in [1.807, 2.05) is 6.20 Å². The topological polar surface area (TPSA) is 85.8 Å². The van der Waals surface area contributed by atoms with Gasteiger partial charge in [-0.2, -0.15) is 8.78 Å². The first-order valence-electron chi connectivity index (χ1n) is 10.8. The van der Waals surface area contributed by atoms with Gasteiger partial charge in [-0.25, -0.2) is 4.68 Å². The quantitative estimate of drug-likeness (QED) is 0.435. The Morgan fingerprint density at radius 1 is 1.03 bits per heavy atom. The highest BCUT2D eigenvalue weighted by atomic mass is 19.3. The van der Waals surface area contributed by atoms with Crippen molar-refractivity contribution in [2.24, 2.45) is 0 Å². The van der Waals surface area contributed by atoms with Crippen LogP contribution in [0.15, 0.2) is 47.1 Å². The summed E-state index contributed by atoms with van der Waals surface area (Å²) in [5.74, 6) is -0.695. The van der Waals surface area contributed by atoms with Crippen LogP contribution in [0.25, 0.3) is 22.7 Å². The van der Waals surface area contributed by atoms with Crippen molar-refractivity contribution in [1.82, 2.24) is 35.1 Å². The molecule has 3 aromatic heterocycles. The molecule has 1 aromatic carbocycles. The zero-order chi connectivity index (χ0) is 22.9. The average molecular weight is 451 g/mol. The number of nitrogens with zero attached hydrogens (tertiary/aromatic N) is 7. The van der Waals surface area contributed by atoms with Crippen molar-refractivity contribution in [3.05, 3.63) is 65.4 Å². The lowest BCUT2D eigenvalue weighted by Crippen LogP contribution is -2.35. The molecule has 0 saturated heterocycles. The van der Waals surface area contributed by atoms with Crippen LogP contribution in [0.1, 0.15) is 43.0 Å². The van der Waals surface area contributed by atoms with E-state index in [1.165, 1.54) is 17.3 Å². The van der Waals surface area contributed by atoms with Crippen LogP contribution < -0.4 is 0 Å². The van der Waals surface area contributed by atoms with Gasteiger partial charge in [0.05, 0.1) is 24.0 Å². The zero-order valence-corrected chi connectivity index (χ0v) is 18.3. The maximum atomic E-state index is 12.6. The number of hydrogen-bond acceptors (Lipinski definition) is 7. The molecule has 0 unspecified atom stereocenters. The van der Waals surface area contributed by atoms with E-state index in [-0.39, 0.29) is 5.89 Å². The molecule has 0 saturated carbocycles. The van der Waals surface area contributed by atoms with Gasteiger partial charge in [-0.15, -0.1) is 15.3 Å². The summed E-state index contributed by atoms with van der Waals surface area (Å²) in [6.07, 6.45) is 1.67. The lowest BCUT2D eigenvalue weighted by atomic mass is 9.96. The molecule has 0 amide bonds. The fourth-order valence-electron chi connectivity index (χ4n) is 3.94. The van der Waals surface area contributed by atoms with Gasteiger partial charge in [0.15, 0.2) is 0 Å². The molecule has 0 fully saturated rings. The normalized spacial score (nSPS) is 14.2. The second-order valence-electron chi connectivity index (χ2n) is 8.38. The second-order valence-corrected chi connectivity index (χ2v) is 8.38. The molecule has 0 radical (unpaired) electrons. The van der Waals surface area contributed by atoms with E-state index < -0.39 is 12.3 Å². The largest absolute Gasteiger partial charge is 0.415 e. The fourth-order valence-corrected chi connectivity index (χ4v) is 3.94. The monoisotopic (exact) mass is 451 g/mol. The molecular weight excluding hydrogens is 428 g/mol.